The van der Waals surface area contributed by atoms with Crippen molar-refractivity contribution >= 4 is 17.3 Å². The van der Waals surface area contributed by atoms with E-state index in [-0.39, 0.29) is 11.6 Å². The second-order valence-electron chi connectivity index (χ2n) is 4.13. The van der Waals surface area contributed by atoms with Crippen molar-refractivity contribution in [2.45, 2.75) is 46.0 Å². The fraction of sp³-hybridized carbons (Fsp3) is 0.750. The Labute approximate surface area is 117 Å². The van der Waals surface area contributed by atoms with E-state index >= 15 is 0 Å². The first-order chi connectivity index (χ1) is 9.00. The molecule has 0 aromatic heterocycles. The Morgan fingerprint density at radius 2 is 1.15 bits per heavy atom. The smallest absolute Gasteiger partial charge is 0.189 e. The Kier molecular flexibility index (Phi) is 17.0. The van der Waals surface area contributed by atoms with Gasteiger partial charge in [0, 0.05) is 0 Å². The molecule has 5 N–H and O–H groups in total. The topological polar surface area (TPSA) is 152 Å². The van der Waals surface area contributed by atoms with Crippen molar-refractivity contribution in [3.63, 3.8) is 0 Å². The van der Waals surface area contributed by atoms with Gasteiger partial charge in [-0.3, -0.25) is 4.79 Å². The van der Waals surface area contributed by atoms with Gasteiger partial charge in [0.25, 0.3) is 0 Å². The molecular formula is C12H24O8. The Morgan fingerprint density at radius 1 is 0.850 bits per heavy atom. The van der Waals surface area contributed by atoms with Crippen molar-refractivity contribution in [1.29, 1.82) is 0 Å². The van der Waals surface area contributed by atoms with Gasteiger partial charge in [0.2, 0.25) is 0 Å². The minimum absolute atomic E-state index is 0.167. The molecule has 0 radical (unpaired) electrons. The molecule has 0 aliphatic rings. The van der Waals surface area contributed by atoms with E-state index in [1.54, 1.807) is 0 Å². The van der Waals surface area contributed by atoms with Crippen molar-refractivity contribution < 1.29 is 39.9 Å². The quantitative estimate of drug-likeness (QED) is 0.383. The van der Waals surface area contributed by atoms with Crippen molar-refractivity contribution in [3.8, 4) is 0 Å². The average molecular weight is 296 g/mol. The van der Waals surface area contributed by atoms with Gasteiger partial charge in [0.05, 0.1) is 6.61 Å². The lowest BCUT2D eigenvalue weighted by atomic mass is 10.1. The Hall–Kier alpha value is -1.19. The van der Waals surface area contributed by atoms with Gasteiger partial charge in [-0.2, -0.15) is 0 Å². The maximum absolute atomic E-state index is 10.5. The van der Waals surface area contributed by atoms with Gasteiger partial charge in [-0.15, -0.1) is 0 Å². The van der Waals surface area contributed by atoms with E-state index in [9.17, 15) is 14.4 Å². The highest BCUT2D eigenvalue weighted by Crippen LogP contribution is 2.00. The minimum Gasteiger partial charge on any atom is -0.394 e. The first-order valence-corrected chi connectivity index (χ1v) is 5.74. The van der Waals surface area contributed by atoms with Crippen LogP contribution in [0.15, 0.2) is 0 Å². The molecule has 0 fully saturated rings. The molecule has 0 rings (SSSR count). The Balaban J connectivity index is -0.000000297. The fourth-order valence-electron chi connectivity index (χ4n) is 0.602. The van der Waals surface area contributed by atoms with Crippen LogP contribution in [0.5, 0.6) is 0 Å². The second kappa shape index (κ2) is 14.2. The maximum atomic E-state index is 10.5. The van der Waals surface area contributed by atoms with Crippen LogP contribution in [0.25, 0.3) is 0 Å². The molecule has 0 aliphatic carbocycles. The summed E-state index contributed by atoms with van der Waals surface area (Å²) in [6.07, 6.45) is -5.22. The molecule has 20 heavy (non-hydrogen) atoms. The predicted molar refractivity (Wildman–Crippen MR) is 69.9 cm³/mol. The number of carbonyl (C=O) groups is 3. The zero-order valence-electron chi connectivity index (χ0n) is 12.1. The number of hydrogen-bond donors (Lipinski definition) is 5. The van der Waals surface area contributed by atoms with E-state index in [0.717, 1.165) is 0 Å². The normalized spacial score (nSPS) is 13.7. The SMILES string of the molecule is CC(C)=O.CC(C)=O.O=C(CO)[C@@H](O)[C@H](O)[C@H](O)CO. The number of Topliss-reactive ketones (excluding diaryl/α,β-unsaturated/α-hetero) is 3. The average Bonchev–Trinajstić information content (AvgIpc) is 2.33. The number of rotatable bonds is 5. The molecular weight excluding hydrogens is 272 g/mol. The van der Waals surface area contributed by atoms with Crippen molar-refractivity contribution in [2.75, 3.05) is 13.2 Å². The number of ketones is 3. The van der Waals surface area contributed by atoms with E-state index in [2.05, 4.69) is 0 Å². The van der Waals surface area contributed by atoms with Gasteiger partial charge in [0.15, 0.2) is 5.78 Å². The minimum atomic E-state index is -1.86. The molecule has 0 aromatic carbocycles. The summed E-state index contributed by atoms with van der Waals surface area (Å²) in [4.78, 5) is 29.4. The second-order valence-corrected chi connectivity index (χ2v) is 4.13. The highest BCUT2D eigenvalue weighted by Gasteiger charge is 2.28. The molecule has 0 aromatic rings. The molecule has 120 valence electrons. The molecule has 0 bridgehead atoms. The predicted octanol–water partition coefficient (Wildman–Crippen LogP) is -2.19. The summed E-state index contributed by atoms with van der Waals surface area (Å²) < 4.78 is 0. The van der Waals surface area contributed by atoms with Crippen LogP contribution in [0.3, 0.4) is 0 Å². The molecule has 8 heteroatoms. The number of carbonyl (C=O) groups excluding carboxylic acids is 3. The van der Waals surface area contributed by atoms with E-state index in [4.69, 9.17) is 25.5 Å². The summed E-state index contributed by atoms with van der Waals surface area (Å²) >= 11 is 0. The third-order valence-electron chi connectivity index (χ3n) is 1.39. The summed E-state index contributed by atoms with van der Waals surface area (Å²) in [7, 11) is 0. The third kappa shape index (κ3) is 19.2. The lowest BCUT2D eigenvalue weighted by Gasteiger charge is -2.19. The van der Waals surface area contributed by atoms with E-state index < -0.39 is 37.3 Å². The summed E-state index contributed by atoms with van der Waals surface area (Å²) in [6.45, 7) is 4.42. The first-order valence-electron chi connectivity index (χ1n) is 5.74. The van der Waals surface area contributed by atoms with Gasteiger partial charge in [-0.1, -0.05) is 0 Å². The van der Waals surface area contributed by atoms with Crippen LogP contribution < -0.4 is 0 Å². The van der Waals surface area contributed by atoms with E-state index in [1.165, 1.54) is 27.7 Å². The van der Waals surface area contributed by atoms with Crippen molar-refractivity contribution in [3.05, 3.63) is 0 Å². The maximum Gasteiger partial charge on any atom is 0.189 e. The number of aliphatic hydroxyl groups is 5. The molecule has 0 unspecified atom stereocenters. The molecule has 0 spiro atoms. The van der Waals surface area contributed by atoms with Gasteiger partial charge < -0.3 is 35.1 Å². The lowest BCUT2D eigenvalue weighted by Crippen LogP contribution is -2.44. The van der Waals surface area contributed by atoms with Crippen LogP contribution in [0.4, 0.5) is 0 Å². The molecule has 0 amide bonds. The summed E-state index contributed by atoms with van der Waals surface area (Å²) in [5, 5.41) is 43.1. The molecule has 0 aliphatic heterocycles. The van der Waals surface area contributed by atoms with Gasteiger partial charge >= 0.3 is 0 Å². The highest BCUT2D eigenvalue weighted by atomic mass is 16.4. The highest BCUT2D eigenvalue weighted by molar-refractivity contribution is 5.84. The van der Waals surface area contributed by atoms with Gasteiger partial charge in [-0.05, 0) is 27.7 Å². The summed E-state index contributed by atoms with van der Waals surface area (Å²) in [5.74, 6) is -0.671. The van der Waals surface area contributed by atoms with Crippen molar-refractivity contribution in [2.24, 2.45) is 0 Å². The molecule has 0 heterocycles. The fourth-order valence-corrected chi connectivity index (χ4v) is 0.602. The lowest BCUT2D eigenvalue weighted by molar-refractivity contribution is -0.142. The first kappa shape index (κ1) is 23.9. The zero-order valence-corrected chi connectivity index (χ0v) is 12.1. The molecule has 0 saturated carbocycles. The van der Waals surface area contributed by atoms with Gasteiger partial charge in [0.1, 0.15) is 36.5 Å². The van der Waals surface area contributed by atoms with Crippen LogP contribution >= 0.6 is 0 Å². The largest absolute Gasteiger partial charge is 0.394 e. The number of hydrogen-bond acceptors (Lipinski definition) is 8. The Bertz CT molecular complexity index is 269. The van der Waals surface area contributed by atoms with Crippen LogP contribution in [0.2, 0.25) is 0 Å². The summed E-state index contributed by atoms with van der Waals surface area (Å²) in [6, 6.07) is 0. The van der Waals surface area contributed by atoms with Crippen LogP contribution in [0, 0.1) is 0 Å². The van der Waals surface area contributed by atoms with E-state index in [0.29, 0.717) is 0 Å². The zero-order chi connectivity index (χ0) is 16.9. The van der Waals surface area contributed by atoms with E-state index in [1.807, 2.05) is 0 Å². The molecule has 0 saturated heterocycles. The Morgan fingerprint density at radius 3 is 1.35 bits per heavy atom. The standard InChI is InChI=1S/C6H12O6.2C3H6O/c7-1-3(9)5(11)6(12)4(10)2-8;2*1-3(2)4/h3,5-9,11-12H,1-2H2;2*1-2H3/t3-,5-,6-;;/m1../s1. The van der Waals surface area contributed by atoms with Crippen molar-refractivity contribution in [1.82, 2.24) is 0 Å². The number of aliphatic hydroxyl groups excluding tert-OH is 5. The monoisotopic (exact) mass is 296 g/mol. The summed E-state index contributed by atoms with van der Waals surface area (Å²) in [5.41, 5.74) is 0. The van der Waals surface area contributed by atoms with Crippen LogP contribution in [-0.4, -0.2) is 74.4 Å². The van der Waals surface area contributed by atoms with Gasteiger partial charge in [-0.25, -0.2) is 0 Å². The molecule has 3 atom stereocenters. The third-order valence-corrected chi connectivity index (χ3v) is 1.39. The van der Waals surface area contributed by atoms with Crippen LogP contribution in [-0.2, 0) is 14.4 Å². The van der Waals surface area contributed by atoms with Crippen LogP contribution in [0.1, 0.15) is 27.7 Å². The molecule has 8 nitrogen and oxygen atoms in total.